The average Bonchev–Trinajstić information content (AvgIpc) is 2.26. The van der Waals surface area contributed by atoms with Crippen molar-refractivity contribution in [2.45, 2.75) is 19.1 Å². The largest absolute Gasteiger partial charge is 0.511 e. The molecule has 1 atom stereocenters. The van der Waals surface area contributed by atoms with Crippen molar-refractivity contribution in [3.63, 3.8) is 0 Å². The van der Waals surface area contributed by atoms with E-state index < -0.39 is 6.04 Å². The SMILES string of the molecule is C=C(O)C(N)Cc1cccc(CON=O)c1. The standard InChI is InChI=1S/C11H14N2O3/c1-8(14)11(12)6-9-3-2-4-10(5-9)7-16-13-15/h2-5,11,14H,1,6-7,12H2. The molecule has 5 heteroatoms. The number of nitrogens with two attached hydrogens (primary N) is 1. The number of hydrogen-bond donors (Lipinski definition) is 2. The molecule has 0 saturated carbocycles. The molecule has 5 nitrogen and oxygen atoms in total. The quantitative estimate of drug-likeness (QED) is 0.437. The molecule has 0 aliphatic carbocycles. The van der Waals surface area contributed by atoms with Gasteiger partial charge in [-0.3, -0.25) is 0 Å². The Morgan fingerprint density at radius 2 is 2.25 bits per heavy atom. The molecule has 0 radical (unpaired) electrons. The molecule has 0 saturated heterocycles. The fraction of sp³-hybridized carbons (Fsp3) is 0.273. The minimum absolute atomic E-state index is 0.0452. The minimum Gasteiger partial charge on any atom is -0.511 e. The lowest BCUT2D eigenvalue weighted by Gasteiger charge is -2.10. The van der Waals surface area contributed by atoms with Gasteiger partial charge in [-0.1, -0.05) is 30.8 Å². The van der Waals surface area contributed by atoms with Gasteiger partial charge < -0.3 is 15.7 Å². The average molecular weight is 222 g/mol. The molecule has 0 bridgehead atoms. The third-order valence-electron chi connectivity index (χ3n) is 2.16. The van der Waals surface area contributed by atoms with E-state index in [1.807, 2.05) is 24.3 Å². The molecule has 0 aromatic heterocycles. The molecular weight excluding hydrogens is 208 g/mol. The van der Waals surface area contributed by atoms with Crippen LogP contribution in [0.1, 0.15) is 11.1 Å². The highest BCUT2D eigenvalue weighted by Gasteiger charge is 2.07. The van der Waals surface area contributed by atoms with Crippen LogP contribution < -0.4 is 5.73 Å². The van der Waals surface area contributed by atoms with Gasteiger partial charge in [0.15, 0.2) is 5.34 Å². The zero-order valence-corrected chi connectivity index (χ0v) is 8.80. The van der Waals surface area contributed by atoms with Crippen LogP contribution >= 0.6 is 0 Å². The zero-order valence-electron chi connectivity index (χ0n) is 8.80. The number of benzene rings is 1. The van der Waals surface area contributed by atoms with E-state index in [0.717, 1.165) is 11.1 Å². The van der Waals surface area contributed by atoms with E-state index in [1.165, 1.54) is 0 Å². The Morgan fingerprint density at radius 1 is 1.56 bits per heavy atom. The van der Waals surface area contributed by atoms with E-state index in [-0.39, 0.29) is 12.4 Å². The summed E-state index contributed by atoms with van der Waals surface area (Å²) in [6.45, 7) is 3.50. The van der Waals surface area contributed by atoms with Crippen LogP contribution in [-0.2, 0) is 17.9 Å². The molecule has 0 fully saturated rings. The van der Waals surface area contributed by atoms with Gasteiger partial charge in [-0.15, -0.1) is 4.91 Å². The molecule has 0 heterocycles. The van der Waals surface area contributed by atoms with Gasteiger partial charge in [0.25, 0.3) is 0 Å². The van der Waals surface area contributed by atoms with E-state index in [9.17, 15) is 4.91 Å². The summed E-state index contributed by atoms with van der Waals surface area (Å²) in [4.78, 5) is 14.2. The number of aliphatic hydroxyl groups excluding tert-OH is 1. The third kappa shape index (κ3) is 3.70. The summed E-state index contributed by atoms with van der Waals surface area (Å²) < 4.78 is 0. The molecule has 3 N–H and O–H groups in total. The molecule has 1 rings (SSSR count). The Morgan fingerprint density at radius 3 is 2.88 bits per heavy atom. The maximum atomic E-state index is 9.79. The van der Waals surface area contributed by atoms with Gasteiger partial charge in [0, 0.05) is 0 Å². The summed E-state index contributed by atoms with van der Waals surface area (Å²) in [5, 5.41) is 11.4. The summed E-state index contributed by atoms with van der Waals surface area (Å²) >= 11 is 0. The van der Waals surface area contributed by atoms with Gasteiger partial charge in [-0.2, -0.15) is 0 Å². The van der Waals surface area contributed by atoms with Crippen LogP contribution in [0.25, 0.3) is 0 Å². The first-order chi connectivity index (χ1) is 7.63. The van der Waals surface area contributed by atoms with Crippen molar-refractivity contribution < 1.29 is 9.94 Å². The van der Waals surface area contributed by atoms with Crippen molar-refractivity contribution in [1.29, 1.82) is 0 Å². The van der Waals surface area contributed by atoms with Crippen LogP contribution in [0.4, 0.5) is 0 Å². The predicted molar refractivity (Wildman–Crippen MR) is 60.5 cm³/mol. The van der Waals surface area contributed by atoms with E-state index in [1.54, 1.807) is 0 Å². The smallest absolute Gasteiger partial charge is 0.155 e. The molecule has 1 unspecified atom stereocenters. The Labute approximate surface area is 93.5 Å². The van der Waals surface area contributed by atoms with Crippen LogP contribution in [0.2, 0.25) is 0 Å². The van der Waals surface area contributed by atoms with Gasteiger partial charge in [0.2, 0.25) is 0 Å². The van der Waals surface area contributed by atoms with Crippen molar-refractivity contribution in [3.05, 3.63) is 52.6 Å². The number of aliphatic hydroxyl groups is 1. The monoisotopic (exact) mass is 222 g/mol. The van der Waals surface area contributed by atoms with E-state index >= 15 is 0 Å². The molecule has 16 heavy (non-hydrogen) atoms. The zero-order chi connectivity index (χ0) is 12.0. The van der Waals surface area contributed by atoms with Crippen molar-refractivity contribution in [2.75, 3.05) is 0 Å². The fourth-order valence-electron chi connectivity index (χ4n) is 1.32. The van der Waals surface area contributed by atoms with Gasteiger partial charge in [0.1, 0.15) is 12.4 Å². The lowest BCUT2D eigenvalue weighted by atomic mass is 10.0. The highest BCUT2D eigenvalue weighted by Crippen LogP contribution is 2.10. The highest BCUT2D eigenvalue weighted by atomic mass is 16.7. The van der Waals surface area contributed by atoms with Gasteiger partial charge in [-0.25, -0.2) is 0 Å². The van der Waals surface area contributed by atoms with E-state index in [2.05, 4.69) is 16.8 Å². The van der Waals surface area contributed by atoms with Crippen LogP contribution in [0, 0.1) is 4.91 Å². The minimum atomic E-state index is -0.486. The Hall–Kier alpha value is -1.88. The number of rotatable bonds is 6. The third-order valence-corrected chi connectivity index (χ3v) is 2.16. The molecule has 0 spiro atoms. The fourth-order valence-corrected chi connectivity index (χ4v) is 1.32. The molecule has 0 aliphatic rings. The maximum Gasteiger partial charge on any atom is 0.155 e. The maximum absolute atomic E-state index is 9.79. The lowest BCUT2D eigenvalue weighted by molar-refractivity contribution is 0.126. The summed E-state index contributed by atoms with van der Waals surface area (Å²) in [6, 6.07) is 6.87. The second-order valence-corrected chi connectivity index (χ2v) is 3.47. The van der Waals surface area contributed by atoms with Crippen LogP contribution in [0.5, 0.6) is 0 Å². The molecule has 1 aromatic rings. The van der Waals surface area contributed by atoms with Crippen molar-refractivity contribution >= 4 is 0 Å². The Balaban J connectivity index is 2.66. The van der Waals surface area contributed by atoms with Gasteiger partial charge >= 0.3 is 0 Å². The first-order valence-corrected chi connectivity index (χ1v) is 4.79. The first kappa shape index (κ1) is 12.2. The summed E-state index contributed by atoms with van der Waals surface area (Å²) in [5.74, 6) is -0.0452. The molecular formula is C11H14N2O3. The second kappa shape index (κ2) is 5.87. The second-order valence-electron chi connectivity index (χ2n) is 3.47. The molecule has 1 aromatic carbocycles. The van der Waals surface area contributed by atoms with Crippen LogP contribution in [0.15, 0.2) is 41.9 Å². The first-order valence-electron chi connectivity index (χ1n) is 4.79. The van der Waals surface area contributed by atoms with E-state index in [4.69, 9.17) is 10.8 Å². The molecule has 0 amide bonds. The predicted octanol–water partition coefficient (Wildman–Crippen LogP) is 1.83. The number of nitrogens with zero attached hydrogens (tertiary/aromatic N) is 1. The normalized spacial score (nSPS) is 11.8. The molecule has 0 aliphatic heterocycles. The Bertz CT molecular complexity index is 379. The van der Waals surface area contributed by atoms with Crippen molar-refractivity contribution in [3.8, 4) is 0 Å². The number of hydrogen-bond acceptors (Lipinski definition) is 5. The topological polar surface area (TPSA) is 84.9 Å². The van der Waals surface area contributed by atoms with Crippen molar-refractivity contribution in [1.82, 2.24) is 0 Å². The van der Waals surface area contributed by atoms with Crippen molar-refractivity contribution in [2.24, 2.45) is 11.1 Å². The Kier molecular flexibility index (Phi) is 4.47. The van der Waals surface area contributed by atoms with E-state index in [0.29, 0.717) is 6.42 Å². The molecule has 86 valence electrons. The summed E-state index contributed by atoms with van der Waals surface area (Å²) in [7, 11) is 0. The summed E-state index contributed by atoms with van der Waals surface area (Å²) in [6.07, 6.45) is 0.484. The highest BCUT2D eigenvalue weighted by molar-refractivity contribution is 5.24. The van der Waals surface area contributed by atoms with Crippen LogP contribution in [-0.4, -0.2) is 11.1 Å². The summed E-state index contributed by atoms with van der Waals surface area (Å²) in [5.41, 5.74) is 7.42. The lowest BCUT2D eigenvalue weighted by Crippen LogP contribution is -2.24. The van der Waals surface area contributed by atoms with Gasteiger partial charge in [0.05, 0.1) is 6.04 Å². The van der Waals surface area contributed by atoms with Gasteiger partial charge in [-0.05, 0) is 17.5 Å². The van der Waals surface area contributed by atoms with Crippen LogP contribution in [0.3, 0.4) is 0 Å².